The number of aryl methyl sites for hydroxylation is 1. The third-order valence-corrected chi connectivity index (χ3v) is 2.55. The molecule has 0 bridgehead atoms. The van der Waals surface area contributed by atoms with Gasteiger partial charge in [0.25, 0.3) is 0 Å². The maximum atomic E-state index is 9.42. The standard InChI is InChI=1S/C11H16O/c1-7-5-6-11(10(4)12)9(3)8(7)2/h5-6,10,12H,1-4H3. The van der Waals surface area contributed by atoms with Crippen LogP contribution in [0, 0.1) is 20.8 Å². The molecule has 0 aliphatic carbocycles. The molecule has 0 radical (unpaired) electrons. The maximum absolute atomic E-state index is 9.42. The van der Waals surface area contributed by atoms with Gasteiger partial charge in [-0.25, -0.2) is 0 Å². The molecule has 1 rings (SSSR count). The summed E-state index contributed by atoms with van der Waals surface area (Å²) >= 11 is 0. The molecule has 0 spiro atoms. The summed E-state index contributed by atoms with van der Waals surface area (Å²) in [5, 5.41) is 9.42. The van der Waals surface area contributed by atoms with Gasteiger partial charge >= 0.3 is 0 Å². The topological polar surface area (TPSA) is 20.2 Å². The molecule has 1 unspecified atom stereocenters. The quantitative estimate of drug-likeness (QED) is 0.676. The van der Waals surface area contributed by atoms with Crippen LogP contribution in [0.5, 0.6) is 0 Å². The molecule has 0 amide bonds. The number of rotatable bonds is 1. The van der Waals surface area contributed by atoms with Crippen LogP contribution in [-0.4, -0.2) is 5.11 Å². The van der Waals surface area contributed by atoms with Gasteiger partial charge in [-0.15, -0.1) is 0 Å². The second-order valence-corrected chi connectivity index (χ2v) is 3.40. The molecule has 1 aromatic carbocycles. The van der Waals surface area contributed by atoms with Crippen molar-refractivity contribution in [2.45, 2.75) is 33.8 Å². The first-order valence-electron chi connectivity index (χ1n) is 4.28. The Morgan fingerprint density at radius 2 is 1.67 bits per heavy atom. The van der Waals surface area contributed by atoms with Gasteiger partial charge in [-0.3, -0.25) is 0 Å². The molecule has 1 atom stereocenters. The highest BCUT2D eigenvalue weighted by Gasteiger charge is 2.07. The van der Waals surface area contributed by atoms with Gasteiger partial charge in [-0.1, -0.05) is 12.1 Å². The van der Waals surface area contributed by atoms with E-state index in [-0.39, 0.29) is 6.10 Å². The number of benzene rings is 1. The molecule has 1 aromatic rings. The zero-order chi connectivity index (χ0) is 9.30. The van der Waals surface area contributed by atoms with Crippen LogP contribution in [0.1, 0.15) is 35.3 Å². The van der Waals surface area contributed by atoms with E-state index >= 15 is 0 Å². The van der Waals surface area contributed by atoms with Crippen molar-refractivity contribution < 1.29 is 5.11 Å². The fraction of sp³-hybridized carbons (Fsp3) is 0.455. The molecular formula is C11H16O. The van der Waals surface area contributed by atoms with Crippen molar-refractivity contribution in [3.8, 4) is 0 Å². The lowest BCUT2D eigenvalue weighted by atomic mass is 9.96. The lowest BCUT2D eigenvalue weighted by molar-refractivity contribution is 0.198. The molecule has 0 fully saturated rings. The van der Waals surface area contributed by atoms with Crippen LogP contribution in [0.4, 0.5) is 0 Å². The summed E-state index contributed by atoms with van der Waals surface area (Å²) < 4.78 is 0. The first kappa shape index (κ1) is 9.27. The van der Waals surface area contributed by atoms with Crippen LogP contribution in [0.15, 0.2) is 12.1 Å². The van der Waals surface area contributed by atoms with Crippen LogP contribution in [-0.2, 0) is 0 Å². The molecule has 0 heterocycles. The molecule has 0 saturated heterocycles. The third-order valence-electron chi connectivity index (χ3n) is 2.55. The van der Waals surface area contributed by atoms with E-state index in [9.17, 15) is 5.11 Å². The summed E-state index contributed by atoms with van der Waals surface area (Å²) in [6, 6.07) is 4.06. The Bertz CT molecular complexity index is 287. The molecule has 66 valence electrons. The summed E-state index contributed by atoms with van der Waals surface area (Å²) in [6.45, 7) is 8.05. The van der Waals surface area contributed by atoms with Gasteiger partial charge < -0.3 is 5.11 Å². The average Bonchev–Trinajstić information content (AvgIpc) is 2.00. The Morgan fingerprint density at radius 1 is 1.08 bits per heavy atom. The molecular weight excluding hydrogens is 148 g/mol. The zero-order valence-electron chi connectivity index (χ0n) is 8.18. The molecule has 0 aliphatic rings. The Hall–Kier alpha value is -0.820. The summed E-state index contributed by atoms with van der Waals surface area (Å²) in [4.78, 5) is 0. The van der Waals surface area contributed by atoms with Gasteiger partial charge in [-0.2, -0.15) is 0 Å². The van der Waals surface area contributed by atoms with Gasteiger partial charge in [0.15, 0.2) is 0 Å². The molecule has 0 saturated carbocycles. The summed E-state index contributed by atoms with van der Waals surface area (Å²) in [6.07, 6.45) is -0.357. The van der Waals surface area contributed by atoms with Gasteiger partial charge in [-0.05, 0) is 49.9 Å². The Labute approximate surface area is 74.1 Å². The van der Waals surface area contributed by atoms with Crippen molar-refractivity contribution in [2.75, 3.05) is 0 Å². The Kier molecular flexibility index (Phi) is 2.53. The second-order valence-electron chi connectivity index (χ2n) is 3.40. The normalized spacial score (nSPS) is 13.1. The fourth-order valence-corrected chi connectivity index (χ4v) is 1.43. The number of aliphatic hydroxyl groups excluding tert-OH is 1. The van der Waals surface area contributed by atoms with E-state index in [1.54, 1.807) is 6.92 Å². The molecule has 1 N–H and O–H groups in total. The summed E-state index contributed by atoms with van der Waals surface area (Å²) in [5.74, 6) is 0. The van der Waals surface area contributed by atoms with Crippen LogP contribution >= 0.6 is 0 Å². The predicted octanol–water partition coefficient (Wildman–Crippen LogP) is 2.67. The molecule has 1 nitrogen and oxygen atoms in total. The molecule has 0 aliphatic heterocycles. The third kappa shape index (κ3) is 1.51. The van der Waals surface area contributed by atoms with E-state index in [4.69, 9.17) is 0 Å². The first-order chi connectivity index (χ1) is 5.54. The first-order valence-corrected chi connectivity index (χ1v) is 4.28. The number of hydrogen-bond donors (Lipinski definition) is 1. The van der Waals surface area contributed by atoms with Gasteiger partial charge in [0.1, 0.15) is 0 Å². The average molecular weight is 164 g/mol. The monoisotopic (exact) mass is 164 g/mol. The van der Waals surface area contributed by atoms with Crippen LogP contribution in [0.25, 0.3) is 0 Å². The van der Waals surface area contributed by atoms with E-state index in [2.05, 4.69) is 26.8 Å². The summed E-state index contributed by atoms with van der Waals surface area (Å²) in [5.41, 5.74) is 4.83. The fourth-order valence-electron chi connectivity index (χ4n) is 1.43. The lowest BCUT2D eigenvalue weighted by Gasteiger charge is -2.12. The second kappa shape index (κ2) is 3.28. The van der Waals surface area contributed by atoms with Crippen molar-refractivity contribution in [3.05, 3.63) is 34.4 Å². The van der Waals surface area contributed by atoms with E-state index in [1.807, 2.05) is 6.07 Å². The van der Waals surface area contributed by atoms with Crippen LogP contribution in [0.2, 0.25) is 0 Å². The van der Waals surface area contributed by atoms with E-state index < -0.39 is 0 Å². The van der Waals surface area contributed by atoms with Gasteiger partial charge in [0.2, 0.25) is 0 Å². The highest BCUT2D eigenvalue weighted by Crippen LogP contribution is 2.22. The highest BCUT2D eigenvalue weighted by molar-refractivity contribution is 5.39. The smallest absolute Gasteiger partial charge is 0.0764 e. The SMILES string of the molecule is Cc1ccc(C(C)O)c(C)c1C. The largest absolute Gasteiger partial charge is 0.389 e. The van der Waals surface area contributed by atoms with Crippen molar-refractivity contribution in [1.82, 2.24) is 0 Å². The van der Waals surface area contributed by atoms with Crippen LogP contribution in [0.3, 0.4) is 0 Å². The maximum Gasteiger partial charge on any atom is 0.0764 e. The zero-order valence-corrected chi connectivity index (χ0v) is 8.18. The molecule has 12 heavy (non-hydrogen) atoms. The molecule has 0 aromatic heterocycles. The minimum absolute atomic E-state index is 0.357. The predicted molar refractivity (Wildman–Crippen MR) is 51.3 cm³/mol. The lowest BCUT2D eigenvalue weighted by Crippen LogP contribution is -1.98. The van der Waals surface area contributed by atoms with Crippen LogP contribution < -0.4 is 0 Å². The Morgan fingerprint density at radius 3 is 2.17 bits per heavy atom. The van der Waals surface area contributed by atoms with E-state index in [1.165, 1.54) is 16.7 Å². The molecule has 1 heteroatoms. The minimum Gasteiger partial charge on any atom is -0.389 e. The van der Waals surface area contributed by atoms with E-state index in [0.717, 1.165) is 5.56 Å². The van der Waals surface area contributed by atoms with E-state index in [0.29, 0.717) is 0 Å². The Balaban J connectivity index is 3.27. The van der Waals surface area contributed by atoms with Gasteiger partial charge in [0, 0.05) is 0 Å². The highest BCUT2D eigenvalue weighted by atomic mass is 16.3. The van der Waals surface area contributed by atoms with Crippen molar-refractivity contribution >= 4 is 0 Å². The van der Waals surface area contributed by atoms with Crippen molar-refractivity contribution in [1.29, 1.82) is 0 Å². The number of hydrogen-bond acceptors (Lipinski definition) is 1. The minimum atomic E-state index is -0.357. The van der Waals surface area contributed by atoms with Crippen molar-refractivity contribution in [3.63, 3.8) is 0 Å². The van der Waals surface area contributed by atoms with Gasteiger partial charge in [0.05, 0.1) is 6.10 Å². The summed E-state index contributed by atoms with van der Waals surface area (Å²) in [7, 11) is 0. The number of aliphatic hydroxyl groups is 1. The van der Waals surface area contributed by atoms with Crippen molar-refractivity contribution in [2.24, 2.45) is 0 Å².